The van der Waals surface area contributed by atoms with Gasteiger partial charge in [0.1, 0.15) is 5.52 Å². The van der Waals surface area contributed by atoms with E-state index in [9.17, 15) is 17.6 Å². The van der Waals surface area contributed by atoms with E-state index in [2.05, 4.69) is 4.98 Å². The smallest absolute Gasteiger partial charge is 0.338 e. The molecule has 2 rings (SSSR count). The number of hydrogen-bond acceptors (Lipinski definition) is 6. The molecule has 0 radical (unpaired) electrons. The van der Waals surface area contributed by atoms with E-state index < -0.39 is 26.2 Å². The Kier molecular flexibility index (Phi) is 3.52. The highest BCUT2D eigenvalue weighted by molar-refractivity contribution is 7.88. The van der Waals surface area contributed by atoms with Gasteiger partial charge in [-0.15, -0.1) is 11.3 Å². The Hall–Kier alpha value is -1.58. The van der Waals surface area contributed by atoms with Crippen molar-refractivity contribution in [1.82, 2.24) is 4.98 Å². The molecule has 0 bridgehead atoms. The summed E-state index contributed by atoms with van der Waals surface area (Å²) in [6.07, 6.45) is 0. The van der Waals surface area contributed by atoms with Crippen molar-refractivity contribution < 1.29 is 26.9 Å². The van der Waals surface area contributed by atoms with Gasteiger partial charge >= 0.3 is 16.1 Å². The molecule has 0 spiro atoms. The Morgan fingerprint density at radius 1 is 1.58 bits per heavy atom. The van der Waals surface area contributed by atoms with E-state index >= 15 is 0 Å². The van der Waals surface area contributed by atoms with Crippen LogP contribution >= 0.6 is 11.3 Å². The maximum atomic E-state index is 13.7. The molecule has 9 heteroatoms. The van der Waals surface area contributed by atoms with Crippen molar-refractivity contribution >= 4 is 37.6 Å². The van der Waals surface area contributed by atoms with Crippen molar-refractivity contribution in [2.45, 2.75) is 11.3 Å². The normalized spacial score (nSPS) is 11.7. The fourth-order valence-electron chi connectivity index (χ4n) is 1.41. The lowest BCUT2D eigenvalue weighted by Crippen LogP contribution is -2.04. The molecule has 0 aliphatic carbocycles. The number of fused-ring (bicyclic) bond motifs is 1. The minimum atomic E-state index is -4.50. The third-order valence-electron chi connectivity index (χ3n) is 2.16. The molecule has 0 atom stereocenters. The third-order valence-corrected chi connectivity index (χ3v) is 4.37. The summed E-state index contributed by atoms with van der Waals surface area (Å²) in [6, 6.07) is 2.18. The summed E-state index contributed by atoms with van der Waals surface area (Å²) in [4.78, 5) is 15.0. The molecule has 1 aromatic heterocycles. The fraction of sp³-hybridized carbons (Fsp3) is 0.200. The molecule has 0 aliphatic heterocycles. The molecule has 102 valence electrons. The average molecular weight is 311 g/mol. The number of thiazole rings is 1. The number of benzene rings is 1. The number of aromatic nitrogens is 1. The SMILES string of the molecule is CCOC(=O)c1cc(F)c2nc(S(=[18O])(=[18O])[18OH])sc2c1. The van der Waals surface area contributed by atoms with Gasteiger partial charge in [0.15, 0.2) is 5.82 Å². The highest BCUT2D eigenvalue weighted by atomic mass is 32.3. The molecule has 0 fully saturated rings. The van der Waals surface area contributed by atoms with E-state index in [0.717, 1.165) is 6.07 Å². The lowest BCUT2D eigenvalue weighted by molar-refractivity contribution is 0.0526. The summed E-state index contributed by atoms with van der Waals surface area (Å²) in [5.41, 5.74) is -0.261. The minimum absolute atomic E-state index is 0.0441. The van der Waals surface area contributed by atoms with Crippen molar-refractivity contribution in [1.29, 1.82) is 0 Å². The van der Waals surface area contributed by atoms with Gasteiger partial charge < -0.3 is 4.74 Å². The van der Waals surface area contributed by atoms with Crippen LogP contribution < -0.4 is 0 Å². The lowest BCUT2D eigenvalue weighted by Gasteiger charge is -2.01. The molecule has 19 heavy (non-hydrogen) atoms. The fourth-order valence-corrected chi connectivity index (χ4v) is 3.06. The van der Waals surface area contributed by atoms with Gasteiger partial charge in [-0.25, -0.2) is 14.2 Å². The Balaban J connectivity index is 2.60. The number of rotatable bonds is 3. The van der Waals surface area contributed by atoms with E-state index in [0.29, 0.717) is 11.3 Å². The first-order valence-corrected chi connectivity index (χ1v) is 7.33. The number of hydrogen-bond donors (Lipinski definition) is 1. The van der Waals surface area contributed by atoms with Crippen molar-refractivity contribution in [2.75, 3.05) is 6.61 Å². The topological polar surface area (TPSA) is 93.6 Å². The van der Waals surface area contributed by atoms with Gasteiger partial charge in [-0.05, 0) is 19.1 Å². The van der Waals surface area contributed by atoms with E-state index in [-0.39, 0.29) is 22.4 Å². The summed E-state index contributed by atoms with van der Waals surface area (Å²) >= 11 is 0.571. The van der Waals surface area contributed by atoms with Crippen molar-refractivity contribution in [2.24, 2.45) is 0 Å². The lowest BCUT2D eigenvalue weighted by atomic mass is 10.2. The predicted octanol–water partition coefficient (Wildman–Crippen LogP) is 1.86. The summed E-state index contributed by atoms with van der Waals surface area (Å²) in [7, 11) is -4.50. The highest BCUT2D eigenvalue weighted by Crippen LogP contribution is 2.28. The van der Waals surface area contributed by atoms with E-state index in [4.69, 9.17) is 9.29 Å². The van der Waals surface area contributed by atoms with Crippen LogP contribution in [0.25, 0.3) is 10.2 Å². The summed E-state index contributed by atoms with van der Waals surface area (Å²) in [6.45, 7) is 1.74. The van der Waals surface area contributed by atoms with Crippen LogP contribution in [0.15, 0.2) is 16.5 Å². The van der Waals surface area contributed by atoms with Crippen LogP contribution in [0.3, 0.4) is 0 Å². The van der Waals surface area contributed by atoms with Gasteiger partial charge in [0.2, 0.25) is 4.34 Å². The zero-order chi connectivity index (χ0) is 14.2. The maximum Gasteiger partial charge on any atom is 0.338 e. The van der Waals surface area contributed by atoms with E-state index in [1.807, 2.05) is 0 Å². The van der Waals surface area contributed by atoms with Gasteiger partial charge in [-0.1, -0.05) is 0 Å². The molecule has 0 amide bonds. The van der Waals surface area contributed by atoms with Crippen LogP contribution in [0.1, 0.15) is 17.3 Å². The van der Waals surface area contributed by atoms with Gasteiger partial charge in [-0.2, -0.15) is 8.42 Å². The second-order valence-electron chi connectivity index (χ2n) is 3.48. The van der Waals surface area contributed by atoms with E-state index in [1.165, 1.54) is 6.07 Å². The Bertz CT molecular complexity index is 753. The van der Waals surface area contributed by atoms with Crippen LogP contribution in [-0.2, 0) is 14.9 Å². The molecule has 6 nitrogen and oxygen atoms in total. The van der Waals surface area contributed by atoms with Gasteiger partial charge in [0, 0.05) is 0 Å². The minimum Gasteiger partial charge on any atom is -0.462 e. The molecule has 0 unspecified atom stereocenters. The molecule has 0 saturated carbocycles. The molecular formula is C10H8FNO5S2. The molecule has 1 N–H and O–H groups in total. The summed E-state index contributed by atoms with van der Waals surface area (Å²) in [5, 5.41) is 0. The number of carbonyl (C=O) groups is 1. The molecule has 0 aliphatic rings. The largest absolute Gasteiger partial charge is 0.462 e. The number of esters is 1. The number of carbonyl (C=O) groups excluding carboxylic acids is 1. The highest BCUT2D eigenvalue weighted by Gasteiger charge is 2.20. The van der Waals surface area contributed by atoms with Crippen LogP contribution in [-0.4, -0.2) is 30.5 Å². The molecular weight excluding hydrogens is 303 g/mol. The first-order valence-electron chi connectivity index (χ1n) is 5.07. The molecule has 0 saturated heterocycles. The monoisotopic (exact) mass is 311 g/mol. The van der Waals surface area contributed by atoms with Crippen molar-refractivity contribution in [3.05, 3.63) is 23.5 Å². The molecule has 1 aromatic carbocycles. The zero-order valence-corrected chi connectivity index (χ0v) is 11.2. The number of halogens is 1. The third kappa shape index (κ3) is 2.72. The quantitative estimate of drug-likeness (QED) is 0.528. The first kappa shape index (κ1) is 13.8. The zero-order valence-electron chi connectivity index (χ0n) is 9.58. The van der Waals surface area contributed by atoms with Crippen molar-refractivity contribution in [3.8, 4) is 0 Å². The second kappa shape index (κ2) is 4.83. The predicted molar refractivity (Wildman–Crippen MR) is 65.3 cm³/mol. The van der Waals surface area contributed by atoms with Crippen molar-refractivity contribution in [3.63, 3.8) is 0 Å². The number of ether oxygens (including phenoxy) is 1. The van der Waals surface area contributed by atoms with Gasteiger partial charge in [-0.3, -0.25) is 4.55 Å². The Morgan fingerprint density at radius 2 is 2.26 bits per heavy atom. The Labute approximate surface area is 111 Å². The van der Waals surface area contributed by atoms with Gasteiger partial charge in [0.05, 0.1) is 16.9 Å². The molecule has 1 heterocycles. The van der Waals surface area contributed by atoms with E-state index in [1.54, 1.807) is 6.92 Å². The average Bonchev–Trinajstić information content (AvgIpc) is 2.73. The Morgan fingerprint density at radius 3 is 2.84 bits per heavy atom. The van der Waals surface area contributed by atoms with Crippen LogP contribution in [0.2, 0.25) is 0 Å². The maximum absolute atomic E-state index is 13.7. The van der Waals surface area contributed by atoms with Gasteiger partial charge in [0.25, 0.3) is 0 Å². The first-order chi connectivity index (χ1) is 8.82. The number of nitrogens with zero attached hydrogens (tertiary/aromatic N) is 1. The van der Waals surface area contributed by atoms with Crippen LogP contribution in [0.5, 0.6) is 0 Å². The molecule has 2 aromatic rings. The standard InChI is InChI=1S/C10H8FNO5S2/c1-2-17-9(13)5-3-6(11)8-7(4-5)18-10(12-8)19(14,15)16/h3-4H,2H2,1H3,(H,14,15,16)/i14+2,15+2,16+2. The van der Waals surface area contributed by atoms with Crippen LogP contribution in [0.4, 0.5) is 4.39 Å². The van der Waals surface area contributed by atoms with Crippen LogP contribution in [0, 0.1) is 5.82 Å². The summed E-state index contributed by atoms with van der Waals surface area (Å²) in [5.74, 6) is -1.57. The second-order valence-corrected chi connectivity index (χ2v) is 6.11. The summed E-state index contributed by atoms with van der Waals surface area (Å²) < 4.78 is 48.6.